The average molecular weight is 381 g/mol. The first-order valence-electron chi connectivity index (χ1n) is 7.68. The molecule has 1 amide bonds. The Kier molecular flexibility index (Phi) is 4.80. The lowest BCUT2D eigenvalue weighted by molar-refractivity contribution is -0.274. The second kappa shape index (κ2) is 7.06. The Bertz CT molecular complexity index is 945. The predicted octanol–water partition coefficient (Wildman–Crippen LogP) is 3.65. The number of halogens is 3. The molecule has 3 N–H and O–H groups in total. The number of alkyl halides is 3. The van der Waals surface area contributed by atoms with E-state index < -0.39 is 12.3 Å². The van der Waals surface area contributed by atoms with Crippen molar-refractivity contribution < 1.29 is 31.6 Å². The highest BCUT2D eigenvalue weighted by Crippen LogP contribution is 2.28. The zero-order valence-electron chi connectivity index (χ0n) is 14.0. The van der Waals surface area contributed by atoms with Crippen molar-refractivity contribution in [3.05, 3.63) is 53.3 Å². The van der Waals surface area contributed by atoms with Crippen LogP contribution in [0.4, 0.5) is 19.1 Å². The molecule has 27 heavy (non-hydrogen) atoms. The topological polar surface area (TPSA) is 104 Å². The van der Waals surface area contributed by atoms with Crippen molar-refractivity contribution in [3.8, 4) is 17.2 Å². The Morgan fingerprint density at radius 1 is 1.22 bits per heavy atom. The number of carbonyl (C=O) groups is 1. The fraction of sp³-hybridized carbons (Fsp3) is 0.176. The maximum Gasteiger partial charge on any atom is 0.573 e. The second-order valence-corrected chi connectivity index (χ2v) is 5.56. The van der Waals surface area contributed by atoms with E-state index in [1.807, 2.05) is 0 Å². The summed E-state index contributed by atoms with van der Waals surface area (Å²) in [7, 11) is 0. The standard InChI is InChI=1S/C17H14F3N3O4/c1-9-2-7-12(25-9)14-13(15(21)27-23-14)16(24)22-8-10-3-5-11(6-4-10)26-17(18,19)20/h2-7H,8,21H2,1H3,(H,22,24). The van der Waals surface area contributed by atoms with E-state index in [1.54, 1.807) is 19.1 Å². The minimum Gasteiger partial charge on any atom is -0.460 e. The third-order valence-electron chi connectivity index (χ3n) is 3.53. The van der Waals surface area contributed by atoms with Crippen LogP contribution in [-0.4, -0.2) is 17.4 Å². The number of anilines is 1. The molecule has 0 saturated heterocycles. The number of nitrogens with two attached hydrogens (primary N) is 1. The van der Waals surface area contributed by atoms with Crippen LogP contribution in [-0.2, 0) is 6.54 Å². The van der Waals surface area contributed by atoms with Gasteiger partial charge in [-0.2, -0.15) is 0 Å². The molecule has 0 bridgehead atoms. The molecule has 10 heteroatoms. The number of nitrogens with one attached hydrogen (secondary N) is 1. The van der Waals surface area contributed by atoms with Gasteiger partial charge >= 0.3 is 6.36 Å². The maximum absolute atomic E-state index is 12.4. The van der Waals surface area contributed by atoms with Crippen LogP contribution in [0.5, 0.6) is 5.75 Å². The van der Waals surface area contributed by atoms with Gasteiger partial charge in [0.2, 0.25) is 5.88 Å². The van der Waals surface area contributed by atoms with Crippen LogP contribution in [0.25, 0.3) is 11.5 Å². The molecule has 0 aliphatic carbocycles. The Morgan fingerprint density at radius 3 is 2.52 bits per heavy atom. The summed E-state index contributed by atoms with van der Waals surface area (Å²) in [6.45, 7) is 1.78. The molecule has 0 atom stereocenters. The largest absolute Gasteiger partial charge is 0.573 e. The summed E-state index contributed by atoms with van der Waals surface area (Å²) < 4.78 is 50.6. The number of hydrogen-bond donors (Lipinski definition) is 2. The van der Waals surface area contributed by atoms with Gasteiger partial charge in [-0.05, 0) is 36.8 Å². The number of aryl methyl sites for hydroxylation is 1. The number of furan rings is 1. The predicted molar refractivity (Wildman–Crippen MR) is 87.6 cm³/mol. The molecule has 0 saturated carbocycles. The molecular formula is C17H14F3N3O4. The van der Waals surface area contributed by atoms with Crippen LogP contribution in [0.15, 0.2) is 45.3 Å². The number of nitrogen functional groups attached to an aromatic ring is 1. The Morgan fingerprint density at radius 2 is 1.93 bits per heavy atom. The molecule has 0 unspecified atom stereocenters. The van der Waals surface area contributed by atoms with Gasteiger partial charge in [-0.25, -0.2) is 0 Å². The van der Waals surface area contributed by atoms with E-state index >= 15 is 0 Å². The lowest BCUT2D eigenvalue weighted by atomic mass is 10.1. The average Bonchev–Trinajstić information content (AvgIpc) is 3.18. The van der Waals surface area contributed by atoms with E-state index in [2.05, 4.69) is 15.2 Å². The third kappa shape index (κ3) is 4.40. The summed E-state index contributed by atoms with van der Waals surface area (Å²) in [4.78, 5) is 12.4. The summed E-state index contributed by atoms with van der Waals surface area (Å²) in [5.74, 6) is -0.138. The third-order valence-corrected chi connectivity index (χ3v) is 3.53. The number of rotatable bonds is 5. The Labute approximate surface area is 150 Å². The van der Waals surface area contributed by atoms with Crippen LogP contribution in [0.3, 0.4) is 0 Å². The minimum atomic E-state index is -4.76. The van der Waals surface area contributed by atoms with Crippen LogP contribution in [0.2, 0.25) is 0 Å². The van der Waals surface area contributed by atoms with Gasteiger partial charge in [0, 0.05) is 6.54 Å². The van der Waals surface area contributed by atoms with Crippen molar-refractivity contribution in [3.63, 3.8) is 0 Å². The fourth-order valence-electron chi connectivity index (χ4n) is 2.33. The van der Waals surface area contributed by atoms with Crippen molar-refractivity contribution in [1.82, 2.24) is 10.5 Å². The zero-order valence-corrected chi connectivity index (χ0v) is 14.0. The number of amides is 1. The molecule has 0 aliphatic rings. The SMILES string of the molecule is Cc1ccc(-c2noc(N)c2C(=O)NCc2ccc(OC(F)(F)F)cc2)o1. The van der Waals surface area contributed by atoms with Crippen LogP contribution in [0.1, 0.15) is 21.7 Å². The summed E-state index contributed by atoms with van der Waals surface area (Å²) >= 11 is 0. The monoisotopic (exact) mass is 381 g/mol. The van der Waals surface area contributed by atoms with Crippen LogP contribution < -0.4 is 15.8 Å². The van der Waals surface area contributed by atoms with Gasteiger partial charge in [-0.15, -0.1) is 13.2 Å². The first kappa shape index (κ1) is 18.4. The van der Waals surface area contributed by atoms with E-state index in [9.17, 15) is 18.0 Å². The highest BCUT2D eigenvalue weighted by molar-refractivity contribution is 6.03. The highest BCUT2D eigenvalue weighted by atomic mass is 19.4. The molecular weight excluding hydrogens is 367 g/mol. The quantitative estimate of drug-likeness (QED) is 0.699. The number of nitrogens with zero attached hydrogens (tertiary/aromatic N) is 1. The molecule has 0 radical (unpaired) electrons. The highest BCUT2D eigenvalue weighted by Gasteiger charge is 2.31. The molecule has 0 fully saturated rings. The molecule has 2 heterocycles. The van der Waals surface area contributed by atoms with Crippen molar-refractivity contribution >= 4 is 11.8 Å². The first-order valence-corrected chi connectivity index (χ1v) is 7.68. The smallest absolute Gasteiger partial charge is 0.460 e. The molecule has 0 aliphatic heterocycles. The van der Waals surface area contributed by atoms with Gasteiger partial charge in [0.05, 0.1) is 0 Å². The molecule has 3 aromatic rings. The van der Waals surface area contributed by atoms with Crippen LogP contribution in [0, 0.1) is 6.92 Å². The number of aromatic nitrogens is 1. The summed E-state index contributed by atoms with van der Waals surface area (Å²) in [6, 6.07) is 8.43. The Balaban J connectivity index is 1.69. The first-order chi connectivity index (χ1) is 12.7. The van der Waals surface area contributed by atoms with E-state index in [0.29, 0.717) is 17.1 Å². The van der Waals surface area contributed by atoms with Gasteiger partial charge in [0.25, 0.3) is 5.91 Å². The van der Waals surface area contributed by atoms with Crippen molar-refractivity contribution in [2.75, 3.05) is 5.73 Å². The van der Waals surface area contributed by atoms with Crippen molar-refractivity contribution in [2.45, 2.75) is 19.8 Å². The van der Waals surface area contributed by atoms with Gasteiger partial charge in [0.1, 0.15) is 17.1 Å². The molecule has 2 aromatic heterocycles. The number of hydrogen-bond acceptors (Lipinski definition) is 6. The van der Waals surface area contributed by atoms with E-state index in [4.69, 9.17) is 14.7 Å². The van der Waals surface area contributed by atoms with E-state index in [-0.39, 0.29) is 29.4 Å². The minimum absolute atomic E-state index is 0.0152. The summed E-state index contributed by atoms with van der Waals surface area (Å²) in [6.07, 6.45) is -4.76. The van der Waals surface area contributed by atoms with Gasteiger partial charge in [0.15, 0.2) is 11.5 Å². The van der Waals surface area contributed by atoms with Crippen molar-refractivity contribution in [2.24, 2.45) is 0 Å². The maximum atomic E-state index is 12.4. The molecule has 7 nitrogen and oxygen atoms in total. The van der Waals surface area contributed by atoms with Gasteiger partial charge < -0.3 is 24.7 Å². The van der Waals surface area contributed by atoms with E-state index in [0.717, 1.165) is 12.1 Å². The molecule has 0 spiro atoms. The normalized spacial score (nSPS) is 11.4. The fourth-order valence-corrected chi connectivity index (χ4v) is 2.33. The van der Waals surface area contributed by atoms with Gasteiger partial charge in [-0.1, -0.05) is 17.3 Å². The van der Waals surface area contributed by atoms with Crippen molar-refractivity contribution in [1.29, 1.82) is 0 Å². The Hall–Kier alpha value is -3.43. The lowest BCUT2D eigenvalue weighted by Gasteiger charge is -2.09. The zero-order chi connectivity index (χ0) is 19.6. The number of ether oxygens (including phenoxy) is 1. The summed E-state index contributed by atoms with van der Waals surface area (Å²) in [5.41, 5.74) is 6.41. The number of benzene rings is 1. The second-order valence-electron chi connectivity index (χ2n) is 5.56. The molecule has 1 aromatic carbocycles. The van der Waals surface area contributed by atoms with Gasteiger partial charge in [-0.3, -0.25) is 4.79 Å². The molecule has 142 valence electrons. The molecule has 3 rings (SSSR count). The van der Waals surface area contributed by atoms with Crippen LogP contribution >= 0.6 is 0 Å². The lowest BCUT2D eigenvalue weighted by Crippen LogP contribution is -2.23. The summed E-state index contributed by atoms with van der Waals surface area (Å²) in [5, 5.41) is 6.35. The van der Waals surface area contributed by atoms with E-state index in [1.165, 1.54) is 12.1 Å². The number of carbonyl (C=O) groups excluding carboxylic acids is 1.